The van der Waals surface area contributed by atoms with Crippen molar-refractivity contribution in [1.29, 1.82) is 0 Å². The standard InChI is InChI=1S/C24H29FN6O/c1-23-8-9-24(2,29-23)22(25)19(12-23)31(4)21-14-26-18(13-27-21)16-6-5-15(11-20(16)32)17-7-10-30(3)28-17/h5-7,10-11,13-14,19,22,29,32H,8-9,12H2,1-4H3/t19-,22-,23-,24+/m0/s1. The van der Waals surface area contributed by atoms with Gasteiger partial charge in [0.05, 0.1) is 29.8 Å². The van der Waals surface area contributed by atoms with Crippen molar-refractivity contribution in [2.45, 2.75) is 56.4 Å². The van der Waals surface area contributed by atoms with E-state index in [0.717, 1.165) is 30.5 Å². The van der Waals surface area contributed by atoms with Crippen LogP contribution in [0.3, 0.4) is 0 Å². The van der Waals surface area contributed by atoms with Crippen LogP contribution in [0.5, 0.6) is 5.75 Å². The second-order valence-corrected chi connectivity index (χ2v) is 9.75. The lowest BCUT2D eigenvalue weighted by molar-refractivity contribution is 0.0859. The highest BCUT2D eigenvalue weighted by Crippen LogP contribution is 2.45. The van der Waals surface area contributed by atoms with E-state index in [1.807, 2.05) is 50.3 Å². The minimum atomic E-state index is -0.993. The number of alkyl halides is 1. The van der Waals surface area contributed by atoms with Crippen molar-refractivity contribution in [2.75, 3.05) is 11.9 Å². The van der Waals surface area contributed by atoms with Crippen LogP contribution in [0.15, 0.2) is 42.9 Å². The first-order chi connectivity index (χ1) is 15.2. The fourth-order valence-corrected chi connectivity index (χ4v) is 5.32. The zero-order chi connectivity index (χ0) is 22.7. The van der Waals surface area contributed by atoms with Gasteiger partial charge in [0.2, 0.25) is 0 Å². The third-order valence-corrected chi connectivity index (χ3v) is 7.17. The van der Waals surface area contributed by atoms with Gasteiger partial charge in [0.15, 0.2) is 0 Å². The summed E-state index contributed by atoms with van der Waals surface area (Å²) < 4.78 is 17.1. The van der Waals surface area contributed by atoms with Gasteiger partial charge in [0, 0.05) is 42.5 Å². The van der Waals surface area contributed by atoms with Crippen molar-refractivity contribution in [2.24, 2.45) is 7.05 Å². The van der Waals surface area contributed by atoms with Crippen LogP contribution in [0.1, 0.15) is 33.1 Å². The van der Waals surface area contributed by atoms with Gasteiger partial charge < -0.3 is 15.3 Å². The van der Waals surface area contributed by atoms with Crippen LogP contribution in [0.2, 0.25) is 0 Å². The van der Waals surface area contributed by atoms with E-state index in [1.165, 1.54) is 0 Å². The highest BCUT2D eigenvalue weighted by Gasteiger charge is 2.56. The number of aryl methyl sites for hydroxylation is 1. The molecule has 0 saturated carbocycles. The van der Waals surface area contributed by atoms with Crippen LogP contribution in [-0.2, 0) is 7.05 Å². The zero-order valence-electron chi connectivity index (χ0n) is 18.9. The van der Waals surface area contributed by atoms with Gasteiger partial charge >= 0.3 is 0 Å². The molecule has 168 valence electrons. The molecule has 2 aliphatic heterocycles. The maximum atomic E-state index is 15.4. The summed E-state index contributed by atoms with van der Waals surface area (Å²) in [6, 6.07) is 7.03. The van der Waals surface area contributed by atoms with Crippen molar-refractivity contribution < 1.29 is 9.50 Å². The number of hydrogen-bond acceptors (Lipinski definition) is 6. The van der Waals surface area contributed by atoms with Crippen molar-refractivity contribution in [3.8, 4) is 28.3 Å². The molecule has 2 aliphatic rings. The van der Waals surface area contributed by atoms with Crippen LogP contribution in [-0.4, -0.2) is 55.2 Å². The summed E-state index contributed by atoms with van der Waals surface area (Å²) in [4.78, 5) is 11.0. The maximum absolute atomic E-state index is 15.4. The number of piperidine rings is 1. The highest BCUT2D eigenvalue weighted by atomic mass is 19.1. The molecule has 2 bridgehead atoms. The first-order valence-corrected chi connectivity index (χ1v) is 11.0. The summed E-state index contributed by atoms with van der Waals surface area (Å²) in [5.74, 6) is 0.739. The Labute approximate surface area is 187 Å². The Kier molecular flexibility index (Phi) is 4.74. The molecule has 32 heavy (non-hydrogen) atoms. The first kappa shape index (κ1) is 20.9. The van der Waals surface area contributed by atoms with Gasteiger partial charge in [-0.25, -0.2) is 9.37 Å². The normalized spacial score (nSPS) is 29.3. The Morgan fingerprint density at radius 1 is 1.16 bits per heavy atom. The smallest absolute Gasteiger partial charge is 0.147 e. The monoisotopic (exact) mass is 436 g/mol. The number of nitrogens with zero attached hydrogens (tertiary/aromatic N) is 5. The van der Waals surface area contributed by atoms with E-state index in [4.69, 9.17) is 0 Å². The molecule has 0 spiro atoms. The predicted octanol–water partition coefficient (Wildman–Crippen LogP) is 3.70. The number of fused-ring (bicyclic) bond motifs is 2. The Hall–Kier alpha value is -3.00. The van der Waals surface area contributed by atoms with Crippen LogP contribution in [0, 0.1) is 0 Å². The molecule has 2 N–H and O–H groups in total. The van der Waals surface area contributed by atoms with Crippen LogP contribution in [0.25, 0.3) is 22.5 Å². The van der Waals surface area contributed by atoms with E-state index in [9.17, 15) is 5.11 Å². The van der Waals surface area contributed by atoms with Crippen molar-refractivity contribution in [1.82, 2.24) is 25.1 Å². The summed E-state index contributed by atoms with van der Waals surface area (Å²) in [5, 5.41) is 18.5. The minimum Gasteiger partial charge on any atom is -0.507 e. The summed E-state index contributed by atoms with van der Waals surface area (Å²) >= 11 is 0. The van der Waals surface area contributed by atoms with Crippen LogP contribution in [0.4, 0.5) is 10.2 Å². The topological polar surface area (TPSA) is 79.1 Å². The SMILES string of the molecule is CN(c1cnc(-c2ccc(-c3ccn(C)n3)cc2O)cn1)[C@H]1C[C@]2(C)CC[C@@](C)(N2)[C@H]1F. The Morgan fingerprint density at radius 3 is 2.62 bits per heavy atom. The third kappa shape index (κ3) is 3.43. The number of aromatic nitrogens is 4. The summed E-state index contributed by atoms with van der Waals surface area (Å²) in [6.45, 7) is 4.16. The highest BCUT2D eigenvalue weighted by molar-refractivity contribution is 5.72. The van der Waals surface area contributed by atoms with Gasteiger partial charge in [-0.15, -0.1) is 0 Å². The predicted molar refractivity (Wildman–Crippen MR) is 122 cm³/mol. The van der Waals surface area contributed by atoms with Gasteiger partial charge in [-0.05, 0) is 51.3 Å². The molecule has 7 nitrogen and oxygen atoms in total. The number of phenolic OH excluding ortho intramolecular Hbond substituents is 1. The average molecular weight is 437 g/mol. The molecule has 4 heterocycles. The number of anilines is 1. The molecule has 8 heteroatoms. The number of halogens is 1. The minimum absolute atomic E-state index is 0.0508. The van der Waals surface area contributed by atoms with Gasteiger partial charge in [-0.3, -0.25) is 9.67 Å². The molecule has 2 saturated heterocycles. The van der Waals surface area contributed by atoms with Gasteiger partial charge in [-0.2, -0.15) is 5.10 Å². The lowest BCUT2D eigenvalue weighted by Crippen LogP contribution is -2.65. The maximum Gasteiger partial charge on any atom is 0.147 e. The van der Waals surface area contributed by atoms with Gasteiger partial charge in [-0.1, -0.05) is 6.07 Å². The molecule has 0 radical (unpaired) electrons. The molecular formula is C24H29FN6O. The first-order valence-electron chi connectivity index (χ1n) is 11.0. The molecule has 0 amide bonds. The van der Waals surface area contributed by atoms with E-state index in [1.54, 1.807) is 23.1 Å². The molecule has 0 aliphatic carbocycles. The average Bonchev–Trinajstić information content (AvgIpc) is 3.32. The fraction of sp³-hybridized carbons (Fsp3) is 0.458. The van der Waals surface area contributed by atoms with E-state index < -0.39 is 11.7 Å². The van der Waals surface area contributed by atoms with E-state index >= 15 is 4.39 Å². The molecule has 3 aromatic rings. The molecule has 0 unspecified atom stereocenters. The number of aromatic hydroxyl groups is 1. The van der Waals surface area contributed by atoms with Gasteiger partial charge in [0.25, 0.3) is 0 Å². The largest absolute Gasteiger partial charge is 0.507 e. The van der Waals surface area contributed by atoms with Crippen LogP contribution >= 0.6 is 0 Å². The molecule has 2 fully saturated rings. The van der Waals surface area contributed by atoms with E-state index in [2.05, 4.69) is 27.3 Å². The zero-order valence-corrected chi connectivity index (χ0v) is 18.9. The van der Waals surface area contributed by atoms with E-state index in [0.29, 0.717) is 17.1 Å². The summed E-state index contributed by atoms with van der Waals surface area (Å²) in [7, 11) is 3.74. The number of rotatable bonds is 4. The van der Waals surface area contributed by atoms with Crippen LogP contribution < -0.4 is 10.2 Å². The Balaban J connectivity index is 1.37. The molecule has 4 atom stereocenters. The quantitative estimate of drug-likeness (QED) is 0.649. The second kappa shape index (κ2) is 7.27. The summed E-state index contributed by atoms with van der Waals surface area (Å²) in [6.07, 6.45) is 6.70. The molecule has 1 aromatic carbocycles. The van der Waals surface area contributed by atoms with Gasteiger partial charge in [0.1, 0.15) is 17.7 Å². The lowest BCUT2D eigenvalue weighted by atomic mass is 9.82. The number of benzene rings is 1. The van der Waals surface area contributed by atoms with Crippen molar-refractivity contribution >= 4 is 5.82 Å². The lowest BCUT2D eigenvalue weighted by Gasteiger charge is -2.47. The fourth-order valence-electron chi connectivity index (χ4n) is 5.32. The molecule has 2 aromatic heterocycles. The van der Waals surface area contributed by atoms with Crippen molar-refractivity contribution in [3.05, 3.63) is 42.9 Å². The number of nitrogens with one attached hydrogen (secondary N) is 1. The van der Waals surface area contributed by atoms with E-state index in [-0.39, 0.29) is 17.3 Å². The molecule has 5 rings (SSSR count). The second-order valence-electron chi connectivity index (χ2n) is 9.75. The number of phenols is 1. The Morgan fingerprint density at radius 2 is 1.97 bits per heavy atom. The number of hydrogen-bond donors (Lipinski definition) is 2. The molecular weight excluding hydrogens is 407 g/mol. The Bertz CT molecular complexity index is 1150. The third-order valence-electron chi connectivity index (χ3n) is 7.17. The van der Waals surface area contributed by atoms with Crippen molar-refractivity contribution in [3.63, 3.8) is 0 Å². The summed E-state index contributed by atoms with van der Waals surface area (Å²) in [5.41, 5.74) is 2.22.